The minimum absolute atomic E-state index is 0.358. The average molecular weight is 340 g/mol. The molecule has 3 rings (SSSR count). The maximum Gasteiger partial charge on any atom is 0.310 e. The van der Waals surface area contributed by atoms with Crippen molar-refractivity contribution in [1.29, 1.82) is 0 Å². The average Bonchev–Trinajstić information content (AvgIpc) is 2.58. The number of rotatable bonds is 7. The van der Waals surface area contributed by atoms with Crippen molar-refractivity contribution in [2.24, 2.45) is 11.3 Å². The third-order valence-corrected chi connectivity index (χ3v) is 5.33. The van der Waals surface area contributed by atoms with Gasteiger partial charge in [0.15, 0.2) is 0 Å². The molecule has 0 spiro atoms. The van der Waals surface area contributed by atoms with Gasteiger partial charge in [0.25, 0.3) is 0 Å². The van der Waals surface area contributed by atoms with Gasteiger partial charge in [-0.1, -0.05) is 55.8 Å². The van der Waals surface area contributed by atoms with Crippen LogP contribution in [0.1, 0.15) is 38.2 Å². The Morgan fingerprint density at radius 1 is 1.20 bits per heavy atom. The Morgan fingerprint density at radius 2 is 1.96 bits per heavy atom. The summed E-state index contributed by atoms with van der Waals surface area (Å²) < 4.78 is 5.30. The molecule has 0 saturated heterocycles. The maximum absolute atomic E-state index is 12.3. The topological polar surface area (TPSA) is 63.6 Å². The van der Waals surface area contributed by atoms with Gasteiger partial charge < -0.3 is 9.84 Å². The van der Waals surface area contributed by atoms with Gasteiger partial charge in [-0.05, 0) is 42.0 Å². The van der Waals surface area contributed by atoms with E-state index in [2.05, 4.69) is 0 Å². The van der Waals surface area contributed by atoms with Crippen molar-refractivity contribution >= 4 is 22.7 Å². The van der Waals surface area contributed by atoms with E-state index in [9.17, 15) is 14.7 Å². The van der Waals surface area contributed by atoms with Crippen LogP contribution >= 0.6 is 0 Å². The molecule has 2 aromatic rings. The van der Waals surface area contributed by atoms with Crippen molar-refractivity contribution in [1.82, 2.24) is 0 Å². The lowest BCUT2D eigenvalue weighted by Crippen LogP contribution is -2.52. The number of benzene rings is 2. The molecule has 25 heavy (non-hydrogen) atoms. The molecule has 1 saturated carbocycles. The summed E-state index contributed by atoms with van der Waals surface area (Å²) in [4.78, 5) is 24.3. The molecule has 0 aliphatic heterocycles. The fourth-order valence-corrected chi connectivity index (χ4v) is 3.65. The Labute approximate surface area is 147 Å². The number of carboxylic acid groups (broad SMARTS) is 1. The van der Waals surface area contributed by atoms with E-state index >= 15 is 0 Å². The third-order valence-electron chi connectivity index (χ3n) is 5.33. The zero-order valence-corrected chi connectivity index (χ0v) is 14.5. The first-order chi connectivity index (χ1) is 12.1. The van der Waals surface area contributed by atoms with Crippen LogP contribution in [0.2, 0.25) is 0 Å². The van der Waals surface area contributed by atoms with Gasteiger partial charge in [-0.25, -0.2) is 0 Å². The quantitative estimate of drug-likeness (QED) is 0.606. The molecule has 0 heterocycles. The first kappa shape index (κ1) is 17.5. The second-order valence-corrected chi connectivity index (χ2v) is 6.93. The Kier molecular flexibility index (Phi) is 5.07. The van der Waals surface area contributed by atoms with Crippen molar-refractivity contribution in [2.75, 3.05) is 6.61 Å². The minimum Gasteiger partial charge on any atom is -0.481 e. The molecule has 2 aromatic carbocycles. The van der Waals surface area contributed by atoms with Crippen molar-refractivity contribution in [2.45, 2.75) is 39.0 Å². The number of carbonyl (C=O) groups is 2. The monoisotopic (exact) mass is 340 g/mol. The second kappa shape index (κ2) is 7.26. The number of hydrogen-bond acceptors (Lipinski definition) is 3. The van der Waals surface area contributed by atoms with Crippen molar-refractivity contribution in [3.8, 4) is 0 Å². The smallest absolute Gasteiger partial charge is 0.310 e. The predicted octanol–water partition coefficient (Wildman–Crippen LogP) is 4.21. The molecule has 2 atom stereocenters. The summed E-state index contributed by atoms with van der Waals surface area (Å²) in [6, 6.07) is 14.0. The van der Waals surface area contributed by atoms with E-state index in [-0.39, 0.29) is 5.97 Å². The van der Waals surface area contributed by atoms with Crippen LogP contribution < -0.4 is 0 Å². The third kappa shape index (κ3) is 3.39. The van der Waals surface area contributed by atoms with E-state index in [0.29, 0.717) is 25.9 Å². The summed E-state index contributed by atoms with van der Waals surface area (Å²) in [5.41, 5.74) is -0.0849. The van der Waals surface area contributed by atoms with E-state index in [0.717, 1.165) is 29.2 Å². The zero-order chi connectivity index (χ0) is 17.9. The van der Waals surface area contributed by atoms with E-state index in [4.69, 9.17) is 4.74 Å². The lowest BCUT2D eigenvalue weighted by molar-refractivity contribution is -0.177. The van der Waals surface area contributed by atoms with E-state index in [1.807, 2.05) is 49.4 Å². The number of aliphatic carboxylic acids is 1. The molecular weight excluding hydrogens is 316 g/mol. The number of carboxylic acids is 1. The van der Waals surface area contributed by atoms with Gasteiger partial charge in [0.1, 0.15) is 0 Å². The van der Waals surface area contributed by atoms with Crippen LogP contribution in [0, 0.1) is 11.3 Å². The van der Waals surface area contributed by atoms with Crippen LogP contribution in [0.3, 0.4) is 0 Å². The van der Waals surface area contributed by atoms with Crippen LogP contribution in [0.4, 0.5) is 0 Å². The van der Waals surface area contributed by atoms with Gasteiger partial charge in [0, 0.05) is 0 Å². The molecule has 1 N–H and O–H groups in total. The van der Waals surface area contributed by atoms with Gasteiger partial charge >= 0.3 is 11.9 Å². The highest BCUT2D eigenvalue weighted by Crippen LogP contribution is 2.50. The fourth-order valence-electron chi connectivity index (χ4n) is 3.65. The highest BCUT2D eigenvalue weighted by Gasteiger charge is 2.56. The zero-order valence-electron chi connectivity index (χ0n) is 14.5. The largest absolute Gasteiger partial charge is 0.481 e. The Hall–Kier alpha value is -2.36. The normalized spacial score (nSPS) is 22.4. The van der Waals surface area contributed by atoms with Crippen LogP contribution in [0.25, 0.3) is 10.8 Å². The van der Waals surface area contributed by atoms with E-state index < -0.39 is 17.3 Å². The van der Waals surface area contributed by atoms with Crippen molar-refractivity contribution in [3.05, 3.63) is 48.0 Å². The standard InChI is InChI=1S/C21H24O4/c1-2-3-12-25-19(22)18-10-11-21(18,20(23)24)14-15-8-9-16-6-4-5-7-17(16)13-15/h4-9,13,18H,2-3,10-12,14H2,1H3,(H,23,24). The highest BCUT2D eigenvalue weighted by molar-refractivity contribution is 5.87. The Balaban J connectivity index is 1.80. The molecule has 1 aliphatic rings. The number of hydrogen-bond donors (Lipinski definition) is 1. The van der Waals surface area contributed by atoms with Crippen LogP contribution in [-0.4, -0.2) is 23.7 Å². The number of unbranched alkanes of at least 4 members (excludes halogenated alkanes) is 1. The van der Waals surface area contributed by atoms with E-state index in [1.165, 1.54) is 0 Å². The lowest BCUT2D eigenvalue weighted by Gasteiger charge is -2.44. The molecule has 2 unspecified atom stereocenters. The van der Waals surface area contributed by atoms with Gasteiger partial charge in [-0.3, -0.25) is 9.59 Å². The van der Waals surface area contributed by atoms with Crippen LogP contribution in [0.5, 0.6) is 0 Å². The summed E-state index contributed by atoms with van der Waals surface area (Å²) >= 11 is 0. The molecule has 0 radical (unpaired) electrons. The van der Waals surface area contributed by atoms with Gasteiger partial charge in [0.2, 0.25) is 0 Å². The molecule has 4 heteroatoms. The summed E-state index contributed by atoms with van der Waals surface area (Å²) in [6.45, 7) is 2.40. The van der Waals surface area contributed by atoms with Crippen LogP contribution in [-0.2, 0) is 20.7 Å². The number of fused-ring (bicyclic) bond motifs is 1. The van der Waals surface area contributed by atoms with Crippen LogP contribution in [0.15, 0.2) is 42.5 Å². The first-order valence-electron chi connectivity index (χ1n) is 8.94. The molecule has 0 amide bonds. The molecular formula is C21H24O4. The van der Waals surface area contributed by atoms with Gasteiger partial charge in [-0.2, -0.15) is 0 Å². The van der Waals surface area contributed by atoms with Gasteiger partial charge in [-0.15, -0.1) is 0 Å². The molecule has 0 bridgehead atoms. The van der Waals surface area contributed by atoms with E-state index in [1.54, 1.807) is 0 Å². The summed E-state index contributed by atoms with van der Waals surface area (Å²) in [7, 11) is 0. The first-order valence-corrected chi connectivity index (χ1v) is 8.94. The fraction of sp³-hybridized carbons (Fsp3) is 0.429. The molecule has 0 aromatic heterocycles. The molecule has 1 fully saturated rings. The second-order valence-electron chi connectivity index (χ2n) is 6.93. The predicted molar refractivity (Wildman–Crippen MR) is 96.3 cm³/mol. The van der Waals surface area contributed by atoms with Crippen molar-refractivity contribution in [3.63, 3.8) is 0 Å². The number of carbonyl (C=O) groups excluding carboxylic acids is 1. The van der Waals surface area contributed by atoms with Gasteiger partial charge in [0.05, 0.1) is 17.9 Å². The summed E-state index contributed by atoms with van der Waals surface area (Å²) in [5.74, 6) is -1.81. The summed E-state index contributed by atoms with van der Waals surface area (Å²) in [5, 5.41) is 12.1. The minimum atomic E-state index is -1.04. The summed E-state index contributed by atoms with van der Waals surface area (Å²) in [6.07, 6.45) is 3.22. The molecule has 4 nitrogen and oxygen atoms in total. The Bertz CT molecular complexity index is 782. The van der Waals surface area contributed by atoms with Crippen molar-refractivity contribution < 1.29 is 19.4 Å². The lowest BCUT2D eigenvalue weighted by atomic mass is 9.57. The SMILES string of the molecule is CCCCOC(=O)C1CCC1(Cc1ccc2ccccc2c1)C(=O)O. The molecule has 132 valence electrons. The maximum atomic E-state index is 12.3. The number of esters is 1. The molecule has 1 aliphatic carbocycles. The Morgan fingerprint density at radius 3 is 2.60 bits per heavy atom. The number of ether oxygens (including phenoxy) is 1. The highest BCUT2D eigenvalue weighted by atomic mass is 16.5.